The summed E-state index contributed by atoms with van der Waals surface area (Å²) in [5.41, 5.74) is 3.40. The summed E-state index contributed by atoms with van der Waals surface area (Å²) in [7, 11) is 1.65. The van der Waals surface area contributed by atoms with Crippen LogP contribution in [-0.2, 0) is 20.7 Å². The maximum absolute atomic E-state index is 12.4. The zero-order valence-electron chi connectivity index (χ0n) is 16.8. The third kappa shape index (κ3) is 6.92. The van der Waals surface area contributed by atoms with Crippen LogP contribution < -0.4 is 10.6 Å². The van der Waals surface area contributed by atoms with E-state index in [9.17, 15) is 9.59 Å². The smallest absolute Gasteiger partial charge is 0.307 e. The normalized spacial score (nSPS) is 12.0. The van der Waals surface area contributed by atoms with Crippen LogP contribution in [0.3, 0.4) is 0 Å². The lowest BCUT2D eigenvalue weighted by Gasteiger charge is -2.19. The van der Waals surface area contributed by atoms with Gasteiger partial charge >= 0.3 is 5.97 Å². The van der Waals surface area contributed by atoms with Crippen LogP contribution >= 0.6 is 0 Å². The number of rotatable bonds is 10. The molecular weight excluding hydrogens is 366 g/mol. The molecular formula is C23H27N3O3. The number of ether oxygens (including phenoxy) is 1. The molecule has 0 saturated carbocycles. The molecule has 2 rings (SSSR count). The summed E-state index contributed by atoms with van der Waals surface area (Å²) in [5.74, 6) is -0.780. The highest BCUT2D eigenvalue weighted by molar-refractivity contribution is 6.11. The summed E-state index contributed by atoms with van der Waals surface area (Å²) in [5, 5.41) is 13.0. The lowest BCUT2D eigenvalue weighted by atomic mass is 9.99. The minimum absolute atomic E-state index is 0.0604. The number of esters is 1. The van der Waals surface area contributed by atoms with Crippen molar-refractivity contribution in [3.8, 4) is 11.1 Å². The van der Waals surface area contributed by atoms with Crippen molar-refractivity contribution in [2.45, 2.75) is 25.8 Å². The first-order valence-corrected chi connectivity index (χ1v) is 9.56. The van der Waals surface area contributed by atoms with Crippen molar-refractivity contribution in [3.63, 3.8) is 0 Å². The van der Waals surface area contributed by atoms with Gasteiger partial charge in [-0.15, -0.1) is 0 Å². The number of carbonyl (C=O) groups excluding carboxylic acids is 2. The molecule has 0 aromatic heterocycles. The standard InChI is InChI=1S/C23H27N3O3/c1-3-29-22(27)14-21(26-23(28)20(15-24)16-25-2)13-17-9-11-19(12-10-17)18-7-5-4-6-8-18/h4-12,15-16,21,24-25H,3,13-14H2,1-2H3,(H,26,28)/b20-16+,24-15?/t21-/m1/s1. The largest absolute Gasteiger partial charge is 0.466 e. The van der Waals surface area contributed by atoms with Crippen LogP contribution in [0.1, 0.15) is 18.9 Å². The molecule has 0 unspecified atom stereocenters. The molecule has 1 atom stereocenters. The Morgan fingerprint density at radius 3 is 2.31 bits per heavy atom. The van der Waals surface area contributed by atoms with Crippen LogP contribution in [-0.4, -0.2) is 37.8 Å². The second-order valence-corrected chi connectivity index (χ2v) is 6.48. The predicted octanol–water partition coefficient (Wildman–Crippen LogP) is 3.09. The SMILES string of the molecule is CCOC(=O)C[C@@H](Cc1ccc(-c2ccccc2)cc1)NC(=O)/C(C=N)=C/NC. The molecule has 0 fully saturated rings. The quantitative estimate of drug-likeness (QED) is 0.329. The van der Waals surface area contributed by atoms with E-state index in [0.717, 1.165) is 22.9 Å². The van der Waals surface area contributed by atoms with Gasteiger partial charge in [-0.1, -0.05) is 54.6 Å². The lowest BCUT2D eigenvalue weighted by molar-refractivity contribution is -0.143. The van der Waals surface area contributed by atoms with Gasteiger partial charge < -0.3 is 20.8 Å². The zero-order chi connectivity index (χ0) is 21.1. The Morgan fingerprint density at radius 2 is 1.72 bits per heavy atom. The number of amides is 1. The molecule has 0 radical (unpaired) electrons. The van der Waals surface area contributed by atoms with Crippen molar-refractivity contribution in [2.75, 3.05) is 13.7 Å². The van der Waals surface area contributed by atoms with E-state index in [4.69, 9.17) is 10.1 Å². The molecule has 6 heteroatoms. The Hall–Kier alpha value is -3.41. The summed E-state index contributed by atoms with van der Waals surface area (Å²) in [6, 6.07) is 17.7. The molecule has 0 bridgehead atoms. The van der Waals surface area contributed by atoms with E-state index in [1.54, 1.807) is 14.0 Å². The highest BCUT2D eigenvalue weighted by atomic mass is 16.5. The summed E-state index contributed by atoms with van der Waals surface area (Å²) in [4.78, 5) is 24.4. The van der Waals surface area contributed by atoms with Crippen molar-refractivity contribution < 1.29 is 14.3 Å². The minimum Gasteiger partial charge on any atom is -0.466 e. The van der Waals surface area contributed by atoms with E-state index in [1.165, 1.54) is 6.20 Å². The summed E-state index contributed by atoms with van der Waals surface area (Å²) in [6.45, 7) is 2.04. The lowest BCUT2D eigenvalue weighted by Crippen LogP contribution is -2.39. The number of carbonyl (C=O) groups is 2. The first kappa shape index (κ1) is 21.9. The van der Waals surface area contributed by atoms with Gasteiger partial charge in [0, 0.05) is 25.5 Å². The Morgan fingerprint density at radius 1 is 1.07 bits per heavy atom. The molecule has 2 aromatic carbocycles. The molecule has 0 spiro atoms. The minimum atomic E-state index is -0.440. The van der Waals surface area contributed by atoms with Crippen LogP contribution in [0, 0.1) is 5.41 Å². The molecule has 152 valence electrons. The van der Waals surface area contributed by atoms with Crippen molar-refractivity contribution in [3.05, 3.63) is 71.9 Å². The van der Waals surface area contributed by atoms with Crippen LogP contribution in [0.25, 0.3) is 11.1 Å². The zero-order valence-corrected chi connectivity index (χ0v) is 16.8. The molecule has 1 amide bonds. The first-order valence-electron chi connectivity index (χ1n) is 9.56. The van der Waals surface area contributed by atoms with Gasteiger partial charge in [-0.25, -0.2) is 0 Å². The van der Waals surface area contributed by atoms with E-state index in [-0.39, 0.29) is 24.6 Å². The van der Waals surface area contributed by atoms with Crippen LogP contribution in [0.5, 0.6) is 0 Å². The second kappa shape index (κ2) is 11.4. The third-order valence-corrected chi connectivity index (χ3v) is 4.31. The molecule has 3 N–H and O–H groups in total. The van der Waals surface area contributed by atoms with E-state index in [2.05, 4.69) is 10.6 Å². The Labute approximate surface area is 171 Å². The molecule has 6 nitrogen and oxygen atoms in total. The van der Waals surface area contributed by atoms with Crippen molar-refractivity contribution >= 4 is 18.1 Å². The highest BCUT2D eigenvalue weighted by Gasteiger charge is 2.19. The number of nitrogens with one attached hydrogen (secondary N) is 3. The van der Waals surface area contributed by atoms with Gasteiger partial charge in [0.1, 0.15) is 0 Å². The van der Waals surface area contributed by atoms with Gasteiger partial charge in [0.15, 0.2) is 0 Å². The van der Waals surface area contributed by atoms with E-state index in [0.29, 0.717) is 6.42 Å². The second-order valence-electron chi connectivity index (χ2n) is 6.48. The highest BCUT2D eigenvalue weighted by Crippen LogP contribution is 2.20. The average Bonchev–Trinajstić information content (AvgIpc) is 2.73. The number of benzene rings is 2. The Kier molecular flexibility index (Phi) is 8.63. The van der Waals surface area contributed by atoms with E-state index in [1.807, 2.05) is 54.6 Å². The van der Waals surface area contributed by atoms with Crippen LogP contribution in [0.2, 0.25) is 0 Å². The summed E-state index contributed by atoms with van der Waals surface area (Å²) < 4.78 is 5.04. The third-order valence-electron chi connectivity index (χ3n) is 4.31. The molecule has 0 aliphatic carbocycles. The predicted molar refractivity (Wildman–Crippen MR) is 115 cm³/mol. The van der Waals surface area contributed by atoms with Gasteiger partial charge in [0.25, 0.3) is 5.91 Å². The fraction of sp³-hybridized carbons (Fsp3) is 0.261. The molecule has 0 aliphatic heterocycles. The fourth-order valence-corrected chi connectivity index (χ4v) is 2.94. The van der Waals surface area contributed by atoms with Crippen molar-refractivity contribution in [2.24, 2.45) is 0 Å². The van der Waals surface area contributed by atoms with Gasteiger partial charge in [-0.3, -0.25) is 9.59 Å². The van der Waals surface area contributed by atoms with Crippen molar-refractivity contribution in [1.29, 1.82) is 5.41 Å². The first-order chi connectivity index (χ1) is 14.1. The van der Waals surface area contributed by atoms with Crippen molar-refractivity contribution in [1.82, 2.24) is 10.6 Å². The number of hydrogen-bond donors (Lipinski definition) is 3. The monoisotopic (exact) mass is 393 g/mol. The van der Waals surface area contributed by atoms with Gasteiger partial charge in [-0.05, 0) is 30.0 Å². The fourth-order valence-electron chi connectivity index (χ4n) is 2.94. The summed E-state index contributed by atoms with van der Waals surface area (Å²) in [6.07, 6.45) is 2.95. The maximum Gasteiger partial charge on any atom is 0.307 e. The van der Waals surface area contributed by atoms with Crippen LogP contribution in [0.4, 0.5) is 0 Å². The molecule has 2 aromatic rings. The Balaban J connectivity index is 2.13. The molecule has 29 heavy (non-hydrogen) atoms. The molecule has 0 aliphatic rings. The Bertz CT molecular complexity index is 845. The van der Waals surface area contributed by atoms with E-state index < -0.39 is 11.9 Å². The van der Waals surface area contributed by atoms with Gasteiger partial charge in [0.05, 0.1) is 18.6 Å². The topological polar surface area (TPSA) is 91.3 Å². The van der Waals surface area contributed by atoms with Gasteiger partial charge in [-0.2, -0.15) is 0 Å². The molecule has 0 heterocycles. The van der Waals surface area contributed by atoms with E-state index >= 15 is 0 Å². The molecule has 0 saturated heterocycles. The average molecular weight is 393 g/mol. The van der Waals surface area contributed by atoms with Gasteiger partial charge in [0.2, 0.25) is 0 Å². The maximum atomic E-state index is 12.4. The number of hydrogen-bond acceptors (Lipinski definition) is 5. The van der Waals surface area contributed by atoms with Crippen LogP contribution in [0.15, 0.2) is 66.4 Å². The summed E-state index contributed by atoms with van der Waals surface area (Å²) >= 11 is 0.